The van der Waals surface area contributed by atoms with Crippen LogP contribution < -0.4 is 10.6 Å². The summed E-state index contributed by atoms with van der Waals surface area (Å²) in [5.41, 5.74) is 1.72. The van der Waals surface area contributed by atoms with Crippen LogP contribution >= 0.6 is 11.6 Å². The van der Waals surface area contributed by atoms with E-state index < -0.39 is 5.82 Å². The van der Waals surface area contributed by atoms with Gasteiger partial charge < -0.3 is 15.2 Å². The van der Waals surface area contributed by atoms with Crippen LogP contribution in [0.5, 0.6) is 0 Å². The van der Waals surface area contributed by atoms with Crippen LogP contribution in [0, 0.1) is 11.6 Å². The molecule has 0 unspecified atom stereocenters. The molecule has 0 atom stereocenters. The quantitative estimate of drug-likeness (QED) is 0.658. The van der Waals surface area contributed by atoms with Crippen LogP contribution in [-0.4, -0.2) is 16.1 Å². The summed E-state index contributed by atoms with van der Waals surface area (Å²) in [6.07, 6.45) is 0. The number of rotatable bonds is 3. The number of hydrogen-bond acceptors (Lipinski definition) is 3. The monoisotopic (exact) mass is 388 g/mol. The van der Waals surface area contributed by atoms with Crippen molar-refractivity contribution in [3.8, 4) is 11.3 Å². The first kappa shape index (κ1) is 17.9. The SMILES string of the molecule is CC1(C)NCCn2c1nc(-c1ccc(F)cc1)c2Nc1ccc(Cl)c(F)c1. The average Bonchev–Trinajstić information content (AvgIpc) is 2.99. The number of hydrogen-bond donors (Lipinski definition) is 2. The van der Waals surface area contributed by atoms with Gasteiger partial charge in [0.05, 0.1) is 10.6 Å². The van der Waals surface area contributed by atoms with Crippen molar-refractivity contribution in [1.82, 2.24) is 14.9 Å². The van der Waals surface area contributed by atoms with Crippen molar-refractivity contribution in [3.63, 3.8) is 0 Å². The fourth-order valence-corrected chi connectivity index (χ4v) is 3.47. The molecule has 7 heteroatoms. The van der Waals surface area contributed by atoms with Crippen LogP contribution in [0.25, 0.3) is 11.3 Å². The molecule has 27 heavy (non-hydrogen) atoms. The summed E-state index contributed by atoms with van der Waals surface area (Å²) < 4.78 is 29.4. The Kier molecular flexibility index (Phi) is 4.40. The first-order chi connectivity index (χ1) is 12.8. The Labute approximate surface area is 161 Å². The van der Waals surface area contributed by atoms with E-state index in [0.717, 1.165) is 23.8 Å². The molecular weight excluding hydrogens is 370 g/mol. The van der Waals surface area contributed by atoms with E-state index in [0.29, 0.717) is 17.9 Å². The van der Waals surface area contributed by atoms with Gasteiger partial charge in [0.15, 0.2) is 0 Å². The first-order valence-electron chi connectivity index (χ1n) is 8.69. The molecule has 2 N–H and O–H groups in total. The Morgan fingerprint density at radius 2 is 1.89 bits per heavy atom. The Bertz CT molecular complexity index is 996. The lowest BCUT2D eigenvalue weighted by atomic mass is 10.0. The van der Waals surface area contributed by atoms with Crippen LogP contribution in [0.4, 0.5) is 20.3 Å². The Morgan fingerprint density at radius 1 is 1.15 bits per heavy atom. The van der Waals surface area contributed by atoms with Gasteiger partial charge in [0.1, 0.15) is 29.0 Å². The van der Waals surface area contributed by atoms with Crippen molar-refractivity contribution < 1.29 is 8.78 Å². The highest BCUT2D eigenvalue weighted by atomic mass is 35.5. The average molecular weight is 389 g/mol. The van der Waals surface area contributed by atoms with E-state index in [-0.39, 0.29) is 16.4 Å². The van der Waals surface area contributed by atoms with Gasteiger partial charge in [0, 0.05) is 24.3 Å². The van der Waals surface area contributed by atoms with Crippen LogP contribution in [0.15, 0.2) is 42.5 Å². The lowest BCUT2D eigenvalue weighted by molar-refractivity contribution is 0.317. The minimum Gasteiger partial charge on any atom is -0.340 e. The summed E-state index contributed by atoms with van der Waals surface area (Å²) in [6, 6.07) is 10.8. The van der Waals surface area contributed by atoms with Gasteiger partial charge in [-0.25, -0.2) is 13.8 Å². The number of anilines is 2. The van der Waals surface area contributed by atoms with E-state index in [9.17, 15) is 8.78 Å². The number of imidazole rings is 1. The van der Waals surface area contributed by atoms with Gasteiger partial charge in [0.2, 0.25) is 0 Å². The van der Waals surface area contributed by atoms with E-state index in [2.05, 4.69) is 29.0 Å². The van der Waals surface area contributed by atoms with Gasteiger partial charge in [-0.15, -0.1) is 0 Å². The van der Waals surface area contributed by atoms with E-state index in [1.807, 2.05) is 0 Å². The third-order valence-electron chi connectivity index (χ3n) is 4.73. The molecule has 0 bridgehead atoms. The molecule has 2 heterocycles. The van der Waals surface area contributed by atoms with Crippen molar-refractivity contribution >= 4 is 23.1 Å². The van der Waals surface area contributed by atoms with Gasteiger partial charge in [-0.05, 0) is 56.3 Å². The van der Waals surface area contributed by atoms with Gasteiger partial charge in [-0.1, -0.05) is 11.6 Å². The molecule has 4 nitrogen and oxygen atoms in total. The Morgan fingerprint density at radius 3 is 2.59 bits per heavy atom. The normalized spacial score (nSPS) is 15.4. The van der Waals surface area contributed by atoms with Gasteiger partial charge in [-0.3, -0.25) is 0 Å². The summed E-state index contributed by atoms with van der Waals surface area (Å²) in [4.78, 5) is 4.84. The summed E-state index contributed by atoms with van der Waals surface area (Å²) in [6.45, 7) is 5.62. The van der Waals surface area contributed by atoms with Crippen molar-refractivity contribution in [2.75, 3.05) is 11.9 Å². The molecule has 3 aromatic rings. The molecule has 0 radical (unpaired) electrons. The molecule has 0 aliphatic carbocycles. The van der Waals surface area contributed by atoms with Crippen LogP contribution in [-0.2, 0) is 12.1 Å². The second-order valence-corrected chi connectivity index (χ2v) is 7.50. The number of nitrogens with one attached hydrogen (secondary N) is 2. The maximum absolute atomic E-state index is 13.9. The van der Waals surface area contributed by atoms with Crippen molar-refractivity contribution in [2.45, 2.75) is 25.9 Å². The molecule has 140 valence electrons. The van der Waals surface area contributed by atoms with Crippen molar-refractivity contribution in [3.05, 3.63) is 64.9 Å². The molecule has 1 aliphatic rings. The molecule has 4 rings (SSSR count). The van der Waals surface area contributed by atoms with Gasteiger partial charge in [0.25, 0.3) is 0 Å². The molecule has 0 saturated carbocycles. The highest BCUT2D eigenvalue weighted by Gasteiger charge is 2.33. The summed E-state index contributed by atoms with van der Waals surface area (Å²) >= 11 is 5.79. The number of halogens is 3. The standard InChI is InChI=1S/C20H19ClF2N4/c1-20(2)19-26-17(12-3-5-13(22)6-4-12)18(27(19)10-9-24-20)25-14-7-8-15(21)16(23)11-14/h3-8,11,24-25H,9-10H2,1-2H3. The molecule has 2 aromatic carbocycles. The van der Waals surface area contributed by atoms with Gasteiger partial charge in [-0.2, -0.15) is 0 Å². The maximum Gasteiger partial charge on any atom is 0.143 e. The zero-order valence-corrected chi connectivity index (χ0v) is 15.7. The number of fused-ring (bicyclic) bond motifs is 1. The van der Waals surface area contributed by atoms with Crippen LogP contribution in [0.1, 0.15) is 19.7 Å². The third-order valence-corrected chi connectivity index (χ3v) is 5.04. The largest absolute Gasteiger partial charge is 0.340 e. The minimum atomic E-state index is -0.495. The second-order valence-electron chi connectivity index (χ2n) is 7.10. The first-order valence-corrected chi connectivity index (χ1v) is 9.07. The second kappa shape index (κ2) is 6.62. The molecule has 1 aliphatic heterocycles. The number of nitrogens with zero attached hydrogens (tertiary/aromatic N) is 2. The molecule has 0 saturated heterocycles. The third kappa shape index (κ3) is 3.31. The predicted molar refractivity (Wildman–Crippen MR) is 103 cm³/mol. The Hall–Kier alpha value is -2.44. The predicted octanol–water partition coefficient (Wildman–Crippen LogP) is 5.06. The fourth-order valence-electron chi connectivity index (χ4n) is 3.35. The summed E-state index contributed by atoms with van der Waals surface area (Å²) in [7, 11) is 0. The highest BCUT2D eigenvalue weighted by molar-refractivity contribution is 6.30. The highest BCUT2D eigenvalue weighted by Crippen LogP contribution is 2.36. The summed E-state index contributed by atoms with van der Waals surface area (Å²) in [5, 5.41) is 6.80. The van der Waals surface area contributed by atoms with Crippen LogP contribution in [0.2, 0.25) is 5.02 Å². The topological polar surface area (TPSA) is 41.9 Å². The molecular formula is C20H19ClF2N4. The summed E-state index contributed by atoms with van der Waals surface area (Å²) in [5.74, 6) is 0.808. The zero-order chi connectivity index (χ0) is 19.2. The van der Waals surface area contributed by atoms with E-state index in [4.69, 9.17) is 16.6 Å². The fraction of sp³-hybridized carbons (Fsp3) is 0.250. The molecule has 1 aromatic heterocycles. The van der Waals surface area contributed by atoms with Crippen molar-refractivity contribution in [1.29, 1.82) is 0 Å². The van der Waals surface area contributed by atoms with E-state index in [1.165, 1.54) is 24.3 Å². The maximum atomic E-state index is 13.9. The Balaban J connectivity index is 1.86. The lowest BCUT2D eigenvalue weighted by Crippen LogP contribution is -2.45. The number of aromatic nitrogens is 2. The number of benzene rings is 2. The lowest BCUT2D eigenvalue weighted by Gasteiger charge is -2.32. The minimum absolute atomic E-state index is 0.0694. The van der Waals surface area contributed by atoms with E-state index >= 15 is 0 Å². The molecule has 0 fully saturated rings. The van der Waals surface area contributed by atoms with Crippen molar-refractivity contribution in [2.24, 2.45) is 0 Å². The zero-order valence-electron chi connectivity index (χ0n) is 15.0. The smallest absolute Gasteiger partial charge is 0.143 e. The molecule has 0 spiro atoms. The van der Waals surface area contributed by atoms with Crippen LogP contribution in [0.3, 0.4) is 0 Å². The molecule has 0 amide bonds. The van der Waals surface area contributed by atoms with E-state index in [1.54, 1.807) is 18.2 Å². The van der Waals surface area contributed by atoms with Gasteiger partial charge >= 0.3 is 0 Å².